The van der Waals surface area contributed by atoms with Gasteiger partial charge in [-0.3, -0.25) is 4.79 Å². The SMILES string of the molecule is COc1ccc(-c2nc(COc3ccccc3C=O)cs2)cc1OC. The van der Waals surface area contributed by atoms with E-state index in [0.717, 1.165) is 22.6 Å². The molecule has 0 aliphatic carbocycles. The normalized spacial score (nSPS) is 10.3. The number of aromatic nitrogens is 1. The minimum Gasteiger partial charge on any atom is -0.493 e. The number of aldehydes is 1. The van der Waals surface area contributed by atoms with Gasteiger partial charge in [0.05, 0.1) is 25.5 Å². The van der Waals surface area contributed by atoms with Gasteiger partial charge in [-0.2, -0.15) is 0 Å². The fourth-order valence-corrected chi connectivity index (χ4v) is 3.14. The number of methoxy groups -OCH3 is 2. The molecule has 0 unspecified atom stereocenters. The molecule has 0 amide bonds. The summed E-state index contributed by atoms with van der Waals surface area (Å²) in [6.45, 7) is 0.300. The van der Waals surface area contributed by atoms with Gasteiger partial charge < -0.3 is 14.2 Å². The average molecular weight is 355 g/mol. The van der Waals surface area contributed by atoms with Gasteiger partial charge in [-0.05, 0) is 30.3 Å². The highest BCUT2D eigenvalue weighted by Gasteiger charge is 2.10. The molecule has 0 saturated heterocycles. The van der Waals surface area contributed by atoms with Crippen LogP contribution in [-0.2, 0) is 6.61 Å². The van der Waals surface area contributed by atoms with E-state index in [1.54, 1.807) is 32.4 Å². The van der Waals surface area contributed by atoms with Crippen LogP contribution >= 0.6 is 11.3 Å². The van der Waals surface area contributed by atoms with Crippen molar-refractivity contribution < 1.29 is 19.0 Å². The van der Waals surface area contributed by atoms with Gasteiger partial charge in [-0.15, -0.1) is 11.3 Å². The molecule has 0 aliphatic rings. The fraction of sp³-hybridized carbons (Fsp3) is 0.158. The molecule has 0 saturated carbocycles. The van der Waals surface area contributed by atoms with Crippen molar-refractivity contribution in [3.63, 3.8) is 0 Å². The van der Waals surface area contributed by atoms with Crippen LogP contribution in [0, 0.1) is 0 Å². The maximum atomic E-state index is 11.0. The van der Waals surface area contributed by atoms with Crippen LogP contribution < -0.4 is 14.2 Å². The minimum atomic E-state index is 0.300. The monoisotopic (exact) mass is 355 g/mol. The Balaban J connectivity index is 1.75. The van der Waals surface area contributed by atoms with Crippen LogP contribution in [0.4, 0.5) is 0 Å². The summed E-state index contributed by atoms with van der Waals surface area (Å²) in [7, 11) is 3.21. The minimum absolute atomic E-state index is 0.300. The van der Waals surface area contributed by atoms with Crippen molar-refractivity contribution in [1.29, 1.82) is 0 Å². The molecule has 2 aromatic carbocycles. The Kier molecular flexibility index (Phi) is 5.30. The third-order valence-corrected chi connectivity index (χ3v) is 4.54. The lowest BCUT2D eigenvalue weighted by Gasteiger charge is -2.08. The number of benzene rings is 2. The number of carbonyl (C=O) groups is 1. The van der Waals surface area contributed by atoms with Gasteiger partial charge in [-0.1, -0.05) is 12.1 Å². The smallest absolute Gasteiger partial charge is 0.161 e. The van der Waals surface area contributed by atoms with Gasteiger partial charge in [0.15, 0.2) is 17.8 Å². The predicted octanol–water partition coefficient (Wildman–Crippen LogP) is 4.22. The molecule has 0 radical (unpaired) electrons. The first kappa shape index (κ1) is 17.0. The number of para-hydroxylation sites is 1. The topological polar surface area (TPSA) is 57.7 Å². The molecule has 3 aromatic rings. The second-order valence-corrected chi connectivity index (χ2v) is 6.02. The number of thiazole rings is 1. The van der Waals surface area contributed by atoms with Crippen molar-refractivity contribution in [3.8, 4) is 27.8 Å². The van der Waals surface area contributed by atoms with E-state index < -0.39 is 0 Å². The summed E-state index contributed by atoms with van der Waals surface area (Å²) in [4.78, 5) is 15.6. The molecule has 1 heterocycles. The Morgan fingerprint density at radius 1 is 1.04 bits per heavy atom. The Morgan fingerprint density at radius 2 is 1.84 bits per heavy atom. The lowest BCUT2D eigenvalue weighted by molar-refractivity contribution is 0.111. The molecular weight excluding hydrogens is 338 g/mol. The zero-order valence-electron chi connectivity index (χ0n) is 13.9. The van der Waals surface area contributed by atoms with Crippen molar-refractivity contribution in [2.45, 2.75) is 6.61 Å². The first-order chi connectivity index (χ1) is 12.2. The molecular formula is C19H17NO4S. The van der Waals surface area contributed by atoms with Crippen molar-refractivity contribution >= 4 is 17.6 Å². The Morgan fingerprint density at radius 3 is 2.60 bits per heavy atom. The number of hydrogen-bond acceptors (Lipinski definition) is 6. The zero-order valence-corrected chi connectivity index (χ0v) is 14.7. The molecule has 3 rings (SSSR count). The van der Waals surface area contributed by atoms with Gasteiger partial charge in [0.1, 0.15) is 17.4 Å². The van der Waals surface area contributed by atoms with Crippen LogP contribution in [0.2, 0.25) is 0 Å². The third-order valence-electron chi connectivity index (χ3n) is 3.60. The van der Waals surface area contributed by atoms with E-state index in [2.05, 4.69) is 4.98 Å². The second-order valence-electron chi connectivity index (χ2n) is 5.16. The predicted molar refractivity (Wildman–Crippen MR) is 96.8 cm³/mol. The standard InChI is InChI=1S/C19H17NO4S/c1-22-17-8-7-13(9-18(17)23-2)19-20-15(12-25-19)11-24-16-6-4-3-5-14(16)10-21/h3-10,12H,11H2,1-2H3. The van der Waals surface area contributed by atoms with Crippen LogP contribution in [0.5, 0.6) is 17.2 Å². The second kappa shape index (κ2) is 7.81. The van der Waals surface area contributed by atoms with Crippen LogP contribution in [0.25, 0.3) is 10.6 Å². The molecule has 0 bridgehead atoms. The highest BCUT2D eigenvalue weighted by molar-refractivity contribution is 7.13. The molecule has 5 nitrogen and oxygen atoms in total. The van der Waals surface area contributed by atoms with Gasteiger partial charge in [0.2, 0.25) is 0 Å². The summed E-state index contributed by atoms with van der Waals surface area (Å²) < 4.78 is 16.3. The first-order valence-corrected chi connectivity index (χ1v) is 8.47. The summed E-state index contributed by atoms with van der Waals surface area (Å²) in [6.07, 6.45) is 0.783. The summed E-state index contributed by atoms with van der Waals surface area (Å²) in [6, 6.07) is 12.8. The van der Waals surface area contributed by atoms with E-state index in [1.165, 1.54) is 11.3 Å². The molecule has 1 aromatic heterocycles. The maximum absolute atomic E-state index is 11.0. The zero-order chi connectivity index (χ0) is 17.6. The summed E-state index contributed by atoms with van der Waals surface area (Å²) >= 11 is 1.52. The Labute approximate surface area is 149 Å². The fourth-order valence-electron chi connectivity index (χ4n) is 2.34. The Bertz CT molecular complexity index is 875. The molecule has 6 heteroatoms. The number of rotatable bonds is 7. The van der Waals surface area contributed by atoms with Gasteiger partial charge in [0.25, 0.3) is 0 Å². The first-order valence-electron chi connectivity index (χ1n) is 7.59. The molecule has 0 aliphatic heterocycles. The van der Waals surface area contributed by atoms with E-state index in [9.17, 15) is 4.79 Å². The quantitative estimate of drug-likeness (QED) is 0.594. The van der Waals surface area contributed by atoms with E-state index in [4.69, 9.17) is 14.2 Å². The molecule has 128 valence electrons. The van der Waals surface area contributed by atoms with E-state index in [-0.39, 0.29) is 0 Å². The molecule has 0 fully saturated rings. The largest absolute Gasteiger partial charge is 0.493 e. The van der Waals surface area contributed by atoms with E-state index >= 15 is 0 Å². The number of nitrogens with zero attached hydrogens (tertiary/aromatic N) is 1. The highest BCUT2D eigenvalue weighted by atomic mass is 32.1. The summed E-state index contributed by atoms with van der Waals surface area (Å²) in [5.74, 6) is 1.89. The van der Waals surface area contributed by atoms with Gasteiger partial charge >= 0.3 is 0 Å². The molecule has 0 atom stereocenters. The van der Waals surface area contributed by atoms with Gasteiger partial charge in [0, 0.05) is 10.9 Å². The number of carbonyl (C=O) groups excluding carboxylic acids is 1. The number of hydrogen-bond donors (Lipinski definition) is 0. The molecule has 0 N–H and O–H groups in total. The van der Waals surface area contributed by atoms with E-state index in [1.807, 2.05) is 29.6 Å². The lowest BCUT2D eigenvalue weighted by atomic mass is 10.2. The van der Waals surface area contributed by atoms with Crippen LogP contribution in [-0.4, -0.2) is 25.5 Å². The average Bonchev–Trinajstić information content (AvgIpc) is 3.15. The summed E-state index contributed by atoms with van der Waals surface area (Å²) in [5.41, 5.74) is 2.27. The summed E-state index contributed by atoms with van der Waals surface area (Å²) in [5, 5.41) is 2.80. The van der Waals surface area contributed by atoms with Crippen molar-refractivity contribution in [2.24, 2.45) is 0 Å². The van der Waals surface area contributed by atoms with Crippen molar-refractivity contribution in [3.05, 3.63) is 59.1 Å². The molecule has 0 spiro atoms. The van der Waals surface area contributed by atoms with Crippen LogP contribution in [0.15, 0.2) is 47.8 Å². The van der Waals surface area contributed by atoms with Crippen molar-refractivity contribution in [2.75, 3.05) is 14.2 Å². The van der Waals surface area contributed by atoms with Crippen molar-refractivity contribution in [1.82, 2.24) is 4.98 Å². The van der Waals surface area contributed by atoms with E-state index in [0.29, 0.717) is 29.4 Å². The lowest BCUT2D eigenvalue weighted by Crippen LogP contribution is -1.98. The van der Waals surface area contributed by atoms with Crippen LogP contribution in [0.3, 0.4) is 0 Å². The van der Waals surface area contributed by atoms with Gasteiger partial charge in [-0.25, -0.2) is 4.98 Å². The Hall–Kier alpha value is -2.86. The highest BCUT2D eigenvalue weighted by Crippen LogP contribution is 2.33. The third kappa shape index (κ3) is 3.80. The molecule has 25 heavy (non-hydrogen) atoms. The number of ether oxygens (including phenoxy) is 3. The van der Waals surface area contributed by atoms with Crippen LogP contribution in [0.1, 0.15) is 16.1 Å². The maximum Gasteiger partial charge on any atom is 0.161 e.